The Kier molecular flexibility index (Phi) is 11.1. The minimum atomic E-state index is -0.0736. The fourth-order valence-electron chi connectivity index (χ4n) is 3.69. The second-order valence-electron chi connectivity index (χ2n) is 9.63. The number of likely N-dealkylation sites (N-methyl/N-ethyl adjacent to an activating group) is 1. The molecule has 3 aromatic heterocycles. The maximum absolute atomic E-state index is 10.0. The van der Waals surface area contributed by atoms with E-state index >= 15 is 0 Å². The number of hydrogen-bond acceptors (Lipinski definition) is 8. The first-order valence-corrected chi connectivity index (χ1v) is 14.3. The van der Waals surface area contributed by atoms with Gasteiger partial charge in [0, 0.05) is 42.5 Å². The van der Waals surface area contributed by atoms with Gasteiger partial charge in [-0.15, -0.1) is 0 Å². The van der Waals surface area contributed by atoms with Gasteiger partial charge in [-0.1, -0.05) is 70.2 Å². The number of rotatable bonds is 9. The Hall–Kier alpha value is -3.89. The minimum Gasteiger partial charge on any atom is -0.492 e. The summed E-state index contributed by atoms with van der Waals surface area (Å²) in [7, 11) is 1.92. The number of anilines is 2. The van der Waals surface area contributed by atoms with E-state index in [4.69, 9.17) is 14.2 Å². The first kappa shape index (κ1) is 30.6. The molecular weight excluding hydrogens is 524 g/mol. The SMILES string of the molecule is CC.CC(C)(C)c1cc(NC=O)no1.CCNCCOc1ccc2c(c1)sc1nc(-c3ccc(NC)cc3)cn12. The summed E-state index contributed by atoms with van der Waals surface area (Å²) in [5.74, 6) is 2.12. The standard InChI is InChI=1S/C20H22N4OS.C8H12N2O2.C2H6/c1-3-22-10-11-25-16-8-9-18-19(12-16)26-20-23-17(13-24(18)20)14-4-6-15(21-2)7-5-14;1-8(2,3)6-4-7(9-5-11)10-12-6;1-2/h4-9,12-13,21-22H,3,10-11H2,1-2H3;4-5H,1-3H3,(H,9,10,11);1-2H3. The van der Waals surface area contributed by atoms with Gasteiger partial charge in [0.25, 0.3) is 0 Å². The number of fused-ring (bicyclic) bond motifs is 3. The average Bonchev–Trinajstić information content (AvgIpc) is 3.68. The van der Waals surface area contributed by atoms with Crippen LogP contribution in [0.1, 0.15) is 47.3 Å². The molecule has 0 aliphatic heterocycles. The lowest BCUT2D eigenvalue weighted by Gasteiger charge is -2.11. The average molecular weight is 565 g/mol. The Bertz CT molecular complexity index is 1480. The van der Waals surface area contributed by atoms with E-state index in [1.54, 1.807) is 17.4 Å². The third-order valence-corrected chi connectivity index (χ3v) is 6.81. The summed E-state index contributed by atoms with van der Waals surface area (Å²) in [4.78, 5) is 15.8. The number of ether oxygens (including phenoxy) is 1. The number of nitrogens with zero attached hydrogens (tertiary/aromatic N) is 3. The van der Waals surface area contributed by atoms with Crippen molar-refractivity contribution >= 4 is 44.4 Å². The Morgan fingerprint density at radius 3 is 2.48 bits per heavy atom. The molecule has 0 bridgehead atoms. The van der Waals surface area contributed by atoms with Gasteiger partial charge in [0.05, 0.1) is 15.9 Å². The number of benzene rings is 2. The van der Waals surface area contributed by atoms with Gasteiger partial charge in [0.15, 0.2) is 10.8 Å². The van der Waals surface area contributed by atoms with Crippen LogP contribution in [-0.4, -0.2) is 47.7 Å². The lowest BCUT2D eigenvalue weighted by atomic mass is 9.93. The van der Waals surface area contributed by atoms with Crippen molar-refractivity contribution < 1.29 is 14.1 Å². The quantitative estimate of drug-likeness (QED) is 0.133. The molecule has 10 heteroatoms. The smallest absolute Gasteiger partial charge is 0.212 e. The van der Waals surface area contributed by atoms with Crippen molar-refractivity contribution in [2.75, 3.05) is 37.4 Å². The summed E-state index contributed by atoms with van der Waals surface area (Å²) in [6, 6.07) is 16.3. The van der Waals surface area contributed by atoms with Crippen LogP contribution in [0.4, 0.5) is 11.5 Å². The molecule has 2 aromatic carbocycles. The maximum atomic E-state index is 10.0. The van der Waals surface area contributed by atoms with Gasteiger partial charge in [-0.3, -0.25) is 9.20 Å². The molecule has 3 heterocycles. The lowest BCUT2D eigenvalue weighted by Crippen LogP contribution is -2.20. The molecular formula is C30H40N6O3S. The summed E-state index contributed by atoms with van der Waals surface area (Å²) < 4.78 is 14.2. The van der Waals surface area contributed by atoms with E-state index in [-0.39, 0.29) is 5.41 Å². The predicted octanol–water partition coefficient (Wildman–Crippen LogP) is 6.81. The molecule has 0 aliphatic rings. The minimum absolute atomic E-state index is 0.0736. The van der Waals surface area contributed by atoms with Gasteiger partial charge in [-0.2, -0.15) is 0 Å². The second kappa shape index (κ2) is 14.5. The van der Waals surface area contributed by atoms with Crippen LogP contribution in [0.5, 0.6) is 5.75 Å². The molecule has 9 nitrogen and oxygen atoms in total. The number of nitrogens with one attached hydrogen (secondary N) is 3. The highest BCUT2D eigenvalue weighted by atomic mass is 32.1. The number of carbonyl (C=O) groups excluding carboxylic acids is 1. The van der Waals surface area contributed by atoms with Crippen LogP contribution in [0, 0.1) is 0 Å². The normalized spacial score (nSPS) is 10.9. The van der Waals surface area contributed by atoms with Crippen molar-refractivity contribution in [3.63, 3.8) is 0 Å². The van der Waals surface area contributed by atoms with Crippen LogP contribution in [0.25, 0.3) is 26.4 Å². The molecule has 214 valence electrons. The highest BCUT2D eigenvalue weighted by molar-refractivity contribution is 7.23. The number of amides is 1. The molecule has 40 heavy (non-hydrogen) atoms. The largest absolute Gasteiger partial charge is 0.492 e. The Morgan fingerprint density at radius 1 is 1.10 bits per heavy atom. The molecule has 1 amide bonds. The van der Waals surface area contributed by atoms with E-state index < -0.39 is 0 Å². The molecule has 0 aliphatic carbocycles. The first-order valence-electron chi connectivity index (χ1n) is 13.5. The van der Waals surface area contributed by atoms with Gasteiger partial charge in [-0.05, 0) is 36.9 Å². The Balaban J connectivity index is 0.000000265. The zero-order chi connectivity index (χ0) is 29.1. The van der Waals surface area contributed by atoms with Crippen LogP contribution in [0.3, 0.4) is 0 Å². The van der Waals surface area contributed by atoms with Gasteiger partial charge < -0.3 is 25.2 Å². The summed E-state index contributed by atoms with van der Waals surface area (Å²) >= 11 is 1.69. The predicted molar refractivity (Wildman–Crippen MR) is 166 cm³/mol. The fraction of sp³-hybridized carbons (Fsp3) is 0.367. The van der Waals surface area contributed by atoms with Crippen LogP contribution in [0.15, 0.2) is 59.3 Å². The van der Waals surface area contributed by atoms with Crippen molar-refractivity contribution in [2.45, 2.75) is 47.0 Å². The van der Waals surface area contributed by atoms with Crippen molar-refractivity contribution in [1.82, 2.24) is 19.9 Å². The van der Waals surface area contributed by atoms with E-state index in [1.807, 2.05) is 47.7 Å². The first-order chi connectivity index (χ1) is 19.3. The van der Waals surface area contributed by atoms with Crippen molar-refractivity contribution in [2.24, 2.45) is 0 Å². The molecule has 0 unspecified atom stereocenters. The molecule has 5 rings (SSSR count). The van der Waals surface area contributed by atoms with E-state index in [0.717, 1.165) is 52.0 Å². The number of imidazole rings is 1. The fourth-order valence-corrected chi connectivity index (χ4v) is 4.73. The summed E-state index contributed by atoms with van der Waals surface area (Å²) in [5.41, 5.74) is 4.30. The topological polar surface area (TPSA) is 106 Å². The number of hydrogen-bond donors (Lipinski definition) is 3. The number of aromatic nitrogens is 3. The molecule has 3 N–H and O–H groups in total. The molecule has 0 atom stereocenters. The van der Waals surface area contributed by atoms with E-state index in [2.05, 4.69) is 75.0 Å². The van der Waals surface area contributed by atoms with Gasteiger partial charge in [-0.25, -0.2) is 4.98 Å². The zero-order valence-electron chi connectivity index (χ0n) is 24.4. The molecule has 0 spiro atoms. The van der Waals surface area contributed by atoms with Gasteiger partial charge >= 0.3 is 0 Å². The van der Waals surface area contributed by atoms with Crippen LogP contribution < -0.4 is 20.7 Å². The van der Waals surface area contributed by atoms with E-state index in [1.165, 1.54) is 4.70 Å². The molecule has 0 saturated carbocycles. The number of carbonyl (C=O) groups is 1. The molecule has 0 saturated heterocycles. The molecule has 5 aromatic rings. The number of thiazole rings is 1. The van der Waals surface area contributed by atoms with Crippen molar-refractivity contribution in [3.05, 3.63) is 60.5 Å². The van der Waals surface area contributed by atoms with Crippen LogP contribution in [-0.2, 0) is 10.2 Å². The lowest BCUT2D eigenvalue weighted by molar-refractivity contribution is -0.105. The highest BCUT2D eigenvalue weighted by Crippen LogP contribution is 2.32. The zero-order valence-corrected chi connectivity index (χ0v) is 25.2. The molecule has 0 fully saturated rings. The van der Waals surface area contributed by atoms with Crippen molar-refractivity contribution in [3.8, 4) is 17.0 Å². The summed E-state index contributed by atoms with van der Waals surface area (Å²) in [5, 5.41) is 12.5. The Labute approximate surface area is 239 Å². The van der Waals surface area contributed by atoms with Crippen LogP contribution in [0.2, 0.25) is 0 Å². The third kappa shape index (κ3) is 7.83. The van der Waals surface area contributed by atoms with Crippen LogP contribution >= 0.6 is 11.3 Å². The second-order valence-corrected chi connectivity index (χ2v) is 10.6. The third-order valence-electron chi connectivity index (χ3n) is 5.79. The summed E-state index contributed by atoms with van der Waals surface area (Å²) in [6.07, 6.45) is 2.68. The van der Waals surface area contributed by atoms with E-state index in [9.17, 15) is 4.79 Å². The Morgan fingerprint density at radius 2 is 1.85 bits per heavy atom. The van der Waals surface area contributed by atoms with Gasteiger partial charge in [0.2, 0.25) is 6.41 Å². The molecule has 0 radical (unpaired) electrons. The monoisotopic (exact) mass is 564 g/mol. The van der Waals surface area contributed by atoms with Crippen molar-refractivity contribution in [1.29, 1.82) is 0 Å². The summed E-state index contributed by atoms with van der Waals surface area (Å²) in [6.45, 7) is 14.6. The van der Waals surface area contributed by atoms with Gasteiger partial charge in [0.1, 0.15) is 18.1 Å². The maximum Gasteiger partial charge on any atom is 0.212 e. The highest BCUT2D eigenvalue weighted by Gasteiger charge is 2.19. The van der Waals surface area contributed by atoms with E-state index in [0.29, 0.717) is 18.8 Å².